The van der Waals surface area contributed by atoms with E-state index >= 15 is 0 Å². The van der Waals surface area contributed by atoms with Crippen molar-refractivity contribution in [1.29, 1.82) is 0 Å². The minimum absolute atomic E-state index is 0.136. The summed E-state index contributed by atoms with van der Waals surface area (Å²) in [5, 5.41) is 6.75. The molecule has 1 N–H and O–H groups in total. The van der Waals surface area contributed by atoms with Gasteiger partial charge in [-0.2, -0.15) is 18.3 Å². The number of alkyl halides is 3. The van der Waals surface area contributed by atoms with Gasteiger partial charge in [0.2, 0.25) is 5.95 Å². The molecule has 9 heteroatoms. The van der Waals surface area contributed by atoms with Gasteiger partial charge in [0.15, 0.2) is 11.6 Å². The highest BCUT2D eigenvalue weighted by molar-refractivity contribution is 5.53. The molecular weight excluding hydrogens is 309 g/mol. The first kappa shape index (κ1) is 17.2. The SMILES string of the molecule is CCCCCc1nc(-c2cnc(NC)nc2)n(CC(F)(F)F)n1. The summed E-state index contributed by atoms with van der Waals surface area (Å²) in [5.41, 5.74) is 0.405. The Morgan fingerprint density at radius 2 is 1.87 bits per heavy atom. The lowest BCUT2D eigenvalue weighted by Crippen LogP contribution is -2.19. The Labute approximate surface area is 132 Å². The zero-order valence-electron chi connectivity index (χ0n) is 13.1. The summed E-state index contributed by atoms with van der Waals surface area (Å²) in [7, 11) is 1.66. The number of hydrogen-bond donors (Lipinski definition) is 1. The van der Waals surface area contributed by atoms with Crippen molar-refractivity contribution >= 4 is 5.95 Å². The Balaban J connectivity index is 2.29. The highest BCUT2D eigenvalue weighted by Crippen LogP contribution is 2.23. The van der Waals surface area contributed by atoms with Gasteiger partial charge >= 0.3 is 6.18 Å². The number of halogens is 3. The van der Waals surface area contributed by atoms with Gasteiger partial charge in [-0.1, -0.05) is 19.8 Å². The summed E-state index contributed by atoms with van der Waals surface area (Å²) in [6, 6.07) is 0. The van der Waals surface area contributed by atoms with E-state index in [2.05, 4.69) is 32.3 Å². The third-order valence-corrected chi connectivity index (χ3v) is 3.18. The topological polar surface area (TPSA) is 68.5 Å². The van der Waals surface area contributed by atoms with Crippen molar-refractivity contribution in [2.24, 2.45) is 0 Å². The molecule has 0 saturated heterocycles. The lowest BCUT2D eigenvalue weighted by Gasteiger charge is -2.08. The molecule has 6 nitrogen and oxygen atoms in total. The van der Waals surface area contributed by atoms with Crippen LogP contribution in [0.15, 0.2) is 12.4 Å². The lowest BCUT2D eigenvalue weighted by atomic mass is 10.2. The molecule has 0 bridgehead atoms. The van der Waals surface area contributed by atoms with Crippen LogP contribution >= 0.6 is 0 Å². The van der Waals surface area contributed by atoms with Crippen LogP contribution in [0, 0.1) is 0 Å². The molecule has 2 aromatic rings. The van der Waals surface area contributed by atoms with Gasteiger partial charge in [0, 0.05) is 25.9 Å². The van der Waals surface area contributed by atoms with Gasteiger partial charge in [0.25, 0.3) is 0 Å². The largest absolute Gasteiger partial charge is 0.408 e. The van der Waals surface area contributed by atoms with Crippen molar-refractivity contribution in [1.82, 2.24) is 24.7 Å². The van der Waals surface area contributed by atoms with Crippen molar-refractivity contribution in [2.75, 3.05) is 12.4 Å². The number of nitrogens with zero attached hydrogens (tertiary/aromatic N) is 5. The molecular formula is C14H19F3N6. The molecule has 0 atom stereocenters. The molecule has 2 rings (SSSR count). The van der Waals surface area contributed by atoms with Crippen molar-refractivity contribution in [3.05, 3.63) is 18.2 Å². The summed E-state index contributed by atoms with van der Waals surface area (Å²) in [5.74, 6) is 0.936. The Bertz CT molecular complexity index is 620. The molecule has 0 unspecified atom stereocenters. The van der Waals surface area contributed by atoms with Gasteiger partial charge in [0.1, 0.15) is 6.54 Å². The van der Waals surface area contributed by atoms with Crippen LogP contribution in [0.25, 0.3) is 11.4 Å². The molecule has 0 amide bonds. The highest BCUT2D eigenvalue weighted by atomic mass is 19.4. The average Bonchev–Trinajstić information content (AvgIpc) is 2.88. The number of rotatable bonds is 7. The van der Waals surface area contributed by atoms with Crippen LogP contribution in [0.2, 0.25) is 0 Å². The Hall–Kier alpha value is -2.19. The minimum atomic E-state index is -4.37. The van der Waals surface area contributed by atoms with E-state index in [9.17, 15) is 13.2 Å². The second-order valence-electron chi connectivity index (χ2n) is 5.13. The molecule has 0 fully saturated rings. The molecule has 0 saturated carbocycles. The summed E-state index contributed by atoms with van der Waals surface area (Å²) in [6.07, 6.45) is 1.92. The number of aryl methyl sites for hydroxylation is 1. The fourth-order valence-corrected chi connectivity index (χ4v) is 2.09. The van der Waals surface area contributed by atoms with E-state index in [-0.39, 0.29) is 5.82 Å². The third kappa shape index (κ3) is 4.90. The fourth-order valence-electron chi connectivity index (χ4n) is 2.09. The quantitative estimate of drug-likeness (QED) is 0.791. The smallest absolute Gasteiger partial charge is 0.357 e. The second kappa shape index (κ2) is 7.38. The zero-order valence-corrected chi connectivity index (χ0v) is 13.1. The first-order chi connectivity index (χ1) is 10.9. The van der Waals surface area contributed by atoms with Crippen molar-refractivity contribution in [3.8, 4) is 11.4 Å². The lowest BCUT2D eigenvalue weighted by molar-refractivity contribution is -0.142. The number of anilines is 1. The van der Waals surface area contributed by atoms with Crippen LogP contribution in [0.5, 0.6) is 0 Å². The van der Waals surface area contributed by atoms with Gasteiger partial charge in [-0.25, -0.2) is 19.6 Å². The predicted octanol–water partition coefficient (Wildman–Crippen LogP) is 3.07. The van der Waals surface area contributed by atoms with E-state index in [1.807, 2.05) is 0 Å². The second-order valence-corrected chi connectivity index (χ2v) is 5.13. The molecule has 126 valence electrons. The minimum Gasteiger partial charge on any atom is -0.357 e. The third-order valence-electron chi connectivity index (χ3n) is 3.18. The number of unbranched alkanes of at least 4 members (excludes halogenated alkanes) is 2. The molecule has 0 aliphatic carbocycles. The van der Waals surface area contributed by atoms with Crippen molar-refractivity contribution < 1.29 is 13.2 Å². The first-order valence-corrected chi connectivity index (χ1v) is 7.43. The van der Waals surface area contributed by atoms with Crippen LogP contribution in [0.1, 0.15) is 32.0 Å². The predicted molar refractivity (Wildman–Crippen MR) is 79.9 cm³/mol. The van der Waals surface area contributed by atoms with Gasteiger partial charge < -0.3 is 5.32 Å². The van der Waals surface area contributed by atoms with E-state index in [0.717, 1.165) is 23.9 Å². The molecule has 2 aromatic heterocycles. The normalized spacial score (nSPS) is 11.7. The number of aromatic nitrogens is 5. The Morgan fingerprint density at radius 1 is 1.17 bits per heavy atom. The van der Waals surface area contributed by atoms with Gasteiger partial charge in [-0.05, 0) is 6.42 Å². The van der Waals surface area contributed by atoms with Crippen LogP contribution in [-0.2, 0) is 13.0 Å². The molecule has 2 heterocycles. The van der Waals surface area contributed by atoms with Gasteiger partial charge in [0.05, 0.1) is 5.56 Å². The summed E-state index contributed by atoms with van der Waals surface area (Å²) in [4.78, 5) is 12.3. The molecule has 23 heavy (non-hydrogen) atoms. The van der Waals surface area contributed by atoms with Crippen LogP contribution in [0.3, 0.4) is 0 Å². The van der Waals surface area contributed by atoms with E-state index < -0.39 is 12.7 Å². The summed E-state index contributed by atoms with van der Waals surface area (Å²) >= 11 is 0. The maximum atomic E-state index is 12.7. The zero-order chi connectivity index (χ0) is 16.9. The van der Waals surface area contributed by atoms with Crippen LogP contribution in [0.4, 0.5) is 19.1 Å². The standard InChI is InChI=1S/C14H19F3N6/c1-3-4-5-6-11-21-12(23(22-11)9-14(15,16)17)10-7-19-13(18-2)20-8-10/h7-8H,3-6,9H2,1-2H3,(H,18,19,20). The highest BCUT2D eigenvalue weighted by Gasteiger charge is 2.30. The summed E-state index contributed by atoms with van der Waals surface area (Å²) in [6.45, 7) is 0.874. The van der Waals surface area contributed by atoms with Crippen LogP contribution < -0.4 is 5.32 Å². The van der Waals surface area contributed by atoms with E-state index in [1.54, 1.807) is 7.05 Å². The van der Waals surface area contributed by atoms with Crippen LogP contribution in [-0.4, -0.2) is 38.0 Å². The monoisotopic (exact) mass is 328 g/mol. The fraction of sp³-hybridized carbons (Fsp3) is 0.571. The Kier molecular flexibility index (Phi) is 5.51. The molecule has 0 aromatic carbocycles. The van der Waals surface area contributed by atoms with E-state index in [0.29, 0.717) is 23.8 Å². The van der Waals surface area contributed by atoms with Crippen molar-refractivity contribution in [3.63, 3.8) is 0 Å². The van der Waals surface area contributed by atoms with Gasteiger partial charge in [-0.3, -0.25) is 0 Å². The number of hydrogen-bond acceptors (Lipinski definition) is 5. The Morgan fingerprint density at radius 3 is 2.43 bits per heavy atom. The summed E-state index contributed by atoms with van der Waals surface area (Å²) < 4.78 is 39.1. The maximum Gasteiger partial charge on any atom is 0.408 e. The molecule has 0 aliphatic rings. The number of nitrogens with one attached hydrogen (secondary N) is 1. The average molecular weight is 328 g/mol. The molecule has 0 spiro atoms. The van der Waals surface area contributed by atoms with Gasteiger partial charge in [-0.15, -0.1) is 0 Å². The molecule has 0 radical (unpaired) electrons. The van der Waals surface area contributed by atoms with E-state index in [1.165, 1.54) is 12.4 Å². The van der Waals surface area contributed by atoms with E-state index in [4.69, 9.17) is 0 Å². The van der Waals surface area contributed by atoms with Crippen molar-refractivity contribution in [2.45, 2.75) is 45.3 Å². The first-order valence-electron chi connectivity index (χ1n) is 7.43. The maximum absolute atomic E-state index is 12.7. The molecule has 0 aliphatic heterocycles.